The molecule has 0 N–H and O–H groups in total. The van der Waals surface area contributed by atoms with E-state index in [4.69, 9.17) is 0 Å². The van der Waals surface area contributed by atoms with Gasteiger partial charge in [-0.05, 0) is 17.7 Å². The number of thiophene rings is 1. The maximum atomic E-state index is 12.2. The Morgan fingerprint density at radius 2 is 1.75 bits per heavy atom. The van der Waals surface area contributed by atoms with E-state index in [9.17, 15) is 13.6 Å². The summed E-state index contributed by atoms with van der Waals surface area (Å²) in [6, 6.07) is 12.5. The van der Waals surface area contributed by atoms with Crippen molar-refractivity contribution in [2.24, 2.45) is 0 Å². The minimum absolute atomic E-state index is 0.105. The van der Waals surface area contributed by atoms with Gasteiger partial charge in [0.2, 0.25) is 5.78 Å². The smallest absolute Gasteiger partial charge is 0.287 e. The zero-order valence-corrected chi connectivity index (χ0v) is 9.01. The van der Waals surface area contributed by atoms with Crippen molar-refractivity contribution in [2.75, 3.05) is 0 Å². The molecule has 1 aromatic carbocycles. The second kappa shape index (κ2) is 4.53. The van der Waals surface area contributed by atoms with Gasteiger partial charge in [0.1, 0.15) is 0 Å². The molecule has 4 heteroatoms. The van der Waals surface area contributed by atoms with Crippen LogP contribution in [0.1, 0.15) is 9.67 Å². The fourth-order valence-electron chi connectivity index (χ4n) is 1.34. The van der Waals surface area contributed by atoms with Crippen molar-refractivity contribution >= 4 is 17.1 Å². The molecule has 0 aliphatic rings. The summed E-state index contributed by atoms with van der Waals surface area (Å²) in [5.41, 5.74) is 0.931. The van der Waals surface area contributed by atoms with Crippen LogP contribution in [0.3, 0.4) is 0 Å². The van der Waals surface area contributed by atoms with E-state index in [0.717, 1.165) is 21.8 Å². The lowest BCUT2D eigenvalue weighted by atomic mass is 10.2. The van der Waals surface area contributed by atoms with E-state index in [0.29, 0.717) is 0 Å². The van der Waals surface area contributed by atoms with Gasteiger partial charge in [-0.25, -0.2) is 8.78 Å². The average Bonchev–Trinajstić information content (AvgIpc) is 2.78. The van der Waals surface area contributed by atoms with Crippen LogP contribution in [0.2, 0.25) is 0 Å². The van der Waals surface area contributed by atoms with Crippen molar-refractivity contribution in [3.8, 4) is 10.4 Å². The Hall–Kier alpha value is -1.55. The highest BCUT2D eigenvalue weighted by Gasteiger charge is 2.19. The molecule has 16 heavy (non-hydrogen) atoms. The van der Waals surface area contributed by atoms with Crippen molar-refractivity contribution in [1.82, 2.24) is 0 Å². The number of Topliss-reactive ketones (excluding diaryl/α,β-unsaturated/α-hetero) is 1. The monoisotopic (exact) mass is 238 g/mol. The molecule has 0 unspecified atom stereocenters. The third-order valence-corrected chi connectivity index (χ3v) is 3.25. The first-order valence-corrected chi connectivity index (χ1v) is 5.48. The van der Waals surface area contributed by atoms with Crippen molar-refractivity contribution in [3.63, 3.8) is 0 Å². The lowest BCUT2D eigenvalue weighted by molar-refractivity contribution is 0.0683. The zero-order valence-electron chi connectivity index (χ0n) is 8.19. The Morgan fingerprint density at radius 3 is 2.38 bits per heavy atom. The van der Waals surface area contributed by atoms with Crippen molar-refractivity contribution in [1.29, 1.82) is 0 Å². The first-order valence-electron chi connectivity index (χ1n) is 4.66. The van der Waals surface area contributed by atoms with Gasteiger partial charge in [-0.1, -0.05) is 30.3 Å². The van der Waals surface area contributed by atoms with Crippen LogP contribution in [-0.2, 0) is 0 Å². The average molecular weight is 238 g/mol. The van der Waals surface area contributed by atoms with Crippen LogP contribution < -0.4 is 0 Å². The van der Waals surface area contributed by atoms with Crippen LogP contribution in [-0.4, -0.2) is 12.2 Å². The summed E-state index contributed by atoms with van der Waals surface area (Å²) in [6.45, 7) is 0. The van der Waals surface area contributed by atoms with E-state index in [1.54, 1.807) is 6.07 Å². The summed E-state index contributed by atoms with van der Waals surface area (Å²) in [6.07, 6.45) is -2.93. The predicted molar refractivity (Wildman–Crippen MR) is 60.1 cm³/mol. The van der Waals surface area contributed by atoms with Gasteiger partial charge in [-0.2, -0.15) is 0 Å². The van der Waals surface area contributed by atoms with Gasteiger partial charge in [0.05, 0.1) is 4.88 Å². The Balaban J connectivity index is 2.30. The Morgan fingerprint density at radius 1 is 1.06 bits per heavy atom. The van der Waals surface area contributed by atoms with E-state index >= 15 is 0 Å². The topological polar surface area (TPSA) is 17.1 Å². The van der Waals surface area contributed by atoms with E-state index in [2.05, 4.69) is 0 Å². The Labute approximate surface area is 95.4 Å². The van der Waals surface area contributed by atoms with Gasteiger partial charge < -0.3 is 0 Å². The zero-order chi connectivity index (χ0) is 11.5. The second-order valence-electron chi connectivity index (χ2n) is 3.19. The molecule has 0 bridgehead atoms. The molecule has 1 nitrogen and oxygen atoms in total. The molecule has 2 aromatic rings. The van der Waals surface area contributed by atoms with E-state index in [-0.39, 0.29) is 4.88 Å². The molecule has 0 aliphatic heterocycles. The minimum atomic E-state index is -2.93. The van der Waals surface area contributed by atoms with Crippen LogP contribution in [0.15, 0.2) is 42.5 Å². The van der Waals surface area contributed by atoms with Crippen LogP contribution in [0, 0.1) is 0 Å². The fourth-order valence-corrected chi connectivity index (χ4v) is 2.29. The van der Waals surface area contributed by atoms with Gasteiger partial charge in [-0.3, -0.25) is 4.79 Å². The normalized spacial score (nSPS) is 10.7. The van der Waals surface area contributed by atoms with Gasteiger partial charge in [0.15, 0.2) is 0 Å². The highest BCUT2D eigenvalue weighted by atomic mass is 32.1. The maximum Gasteiger partial charge on any atom is 0.301 e. The number of ketones is 1. The number of halogens is 2. The fraction of sp³-hybridized carbons (Fsp3) is 0.0833. The van der Waals surface area contributed by atoms with Gasteiger partial charge in [-0.15, -0.1) is 11.3 Å². The van der Waals surface area contributed by atoms with E-state index in [1.807, 2.05) is 30.3 Å². The first-order chi connectivity index (χ1) is 7.68. The minimum Gasteiger partial charge on any atom is -0.287 e. The van der Waals surface area contributed by atoms with Gasteiger partial charge in [0, 0.05) is 4.88 Å². The van der Waals surface area contributed by atoms with Crippen LogP contribution in [0.5, 0.6) is 0 Å². The predicted octanol–water partition coefficient (Wildman–Crippen LogP) is 3.86. The number of carbonyl (C=O) groups excluding carboxylic acids is 1. The molecule has 1 heterocycles. The van der Waals surface area contributed by atoms with Crippen LogP contribution in [0.4, 0.5) is 8.78 Å². The molecule has 0 fully saturated rings. The Bertz CT molecular complexity index is 491. The molecule has 0 saturated heterocycles. The maximum absolute atomic E-state index is 12.2. The standard InChI is InChI=1S/C12H8F2OS/c13-12(14)11(15)10-7-6-9(16-10)8-4-2-1-3-5-8/h1-7,12H. The molecule has 0 amide bonds. The second-order valence-corrected chi connectivity index (χ2v) is 4.28. The van der Waals surface area contributed by atoms with Crippen LogP contribution >= 0.6 is 11.3 Å². The lowest BCUT2D eigenvalue weighted by Gasteiger charge is -1.95. The van der Waals surface area contributed by atoms with Crippen molar-refractivity contribution < 1.29 is 13.6 Å². The summed E-state index contributed by atoms with van der Waals surface area (Å²) in [5, 5.41) is 0. The highest BCUT2D eigenvalue weighted by molar-refractivity contribution is 7.17. The molecule has 0 saturated carbocycles. The summed E-state index contributed by atoms with van der Waals surface area (Å²) >= 11 is 1.09. The molecule has 0 atom stereocenters. The number of alkyl halides is 2. The largest absolute Gasteiger partial charge is 0.301 e. The summed E-state index contributed by atoms with van der Waals surface area (Å²) < 4.78 is 24.4. The number of rotatable bonds is 3. The molecule has 2 rings (SSSR count). The highest BCUT2D eigenvalue weighted by Crippen LogP contribution is 2.28. The lowest BCUT2D eigenvalue weighted by Crippen LogP contribution is -2.07. The van der Waals surface area contributed by atoms with Crippen LogP contribution in [0.25, 0.3) is 10.4 Å². The third kappa shape index (κ3) is 2.17. The third-order valence-electron chi connectivity index (χ3n) is 2.11. The number of benzene rings is 1. The molecule has 82 valence electrons. The molecular formula is C12H8F2OS. The molecular weight excluding hydrogens is 230 g/mol. The molecule has 0 spiro atoms. The SMILES string of the molecule is O=C(c1ccc(-c2ccccc2)s1)C(F)F. The summed E-state index contributed by atoms with van der Waals surface area (Å²) in [7, 11) is 0. The number of hydrogen-bond donors (Lipinski definition) is 0. The number of carbonyl (C=O) groups is 1. The first kappa shape index (κ1) is 11.0. The van der Waals surface area contributed by atoms with Gasteiger partial charge in [0.25, 0.3) is 0 Å². The molecule has 0 aliphatic carbocycles. The van der Waals surface area contributed by atoms with E-state index < -0.39 is 12.2 Å². The van der Waals surface area contributed by atoms with Crippen molar-refractivity contribution in [3.05, 3.63) is 47.3 Å². The number of hydrogen-bond acceptors (Lipinski definition) is 2. The summed E-state index contributed by atoms with van der Waals surface area (Å²) in [5.74, 6) is -1.10. The Kier molecular flexibility index (Phi) is 3.10. The van der Waals surface area contributed by atoms with E-state index in [1.165, 1.54) is 6.07 Å². The summed E-state index contributed by atoms with van der Waals surface area (Å²) in [4.78, 5) is 12.0. The van der Waals surface area contributed by atoms with Gasteiger partial charge >= 0.3 is 6.43 Å². The molecule has 1 aromatic heterocycles. The molecule has 0 radical (unpaired) electrons. The quantitative estimate of drug-likeness (QED) is 0.742. The van der Waals surface area contributed by atoms with Crippen molar-refractivity contribution in [2.45, 2.75) is 6.43 Å².